The summed E-state index contributed by atoms with van der Waals surface area (Å²) < 4.78 is 0. The van der Waals surface area contributed by atoms with Gasteiger partial charge in [0.05, 0.1) is 0 Å². The van der Waals surface area contributed by atoms with Crippen LogP contribution in [0.15, 0.2) is 36.5 Å². The van der Waals surface area contributed by atoms with Crippen molar-refractivity contribution in [2.45, 2.75) is 25.8 Å². The average Bonchev–Trinajstić information content (AvgIpc) is 2.26. The summed E-state index contributed by atoms with van der Waals surface area (Å²) in [5.41, 5.74) is 2.35. The predicted molar refractivity (Wildman–Crippen MR) is 58.9 cm³/mol. The maximum absolute atomic E-state index is 10.8. The molecule has 14 heavy (non-hydrogen) atoms. The van der Waals surface area contributed by atoms with Gasteiger partial charge in [0.2, 0.25) is 6.41 Å². The lowest BCUT2D eigenvalue weighted by molar-refractivity contribution is -0.120. The molecule has 2 nitrogen and oxygen atoms in total. The molecule has 0 radical (unpaired) electrons. The summed E-state index contributed by atoms with van der Waals surface area (Å²) >= 11 is 0. The Morgan fingerprint density at radius 1 is 1.43 bits per heavy atom. The third-order valence-electron chi connectivity index (χ3n) is 2.79. The quantitative estimate of drug-likeness (QED) is 0.624. The smallest absolute Gasteiger partial charge is 0.210 e. The molecule has 0 bridgehead atoms. The van der Waals surface area contributed by atoms with Gasteiger partial charge in [-0.1, -0.05) is 32.2 Å². The first-order valence-electron chi connectivity index (χ1n) is 4.94. The lowest BCUT2D eigenvalue weighted by Crippen LogP contribution is -2.38. The van der Waals surface area contributed by atoms with E-state index in [4.69, 9.17) is 0 Å². The topological polar surface area (TPSA) is 20.3 Å². The highest BCUT2D eigenvalue weighted by molar-refractivity contribution is 5.52. The summed E-state index contributed by atoms with van der Waals surface area (Å²) in [5, 5.41) is 0. The molecule has 0 aromatic rings. The van der Waals surface area contributed by atoms with Crippen LogP contribution in [0.3, 0.4) is 0 Å². The molecule has 1 unspecified atom stereocenters. The van der Waals surface area contributed by atoms with Crippen LogP contribution in [0.5, 0.6) is 0 Å². The lowest BCUT2D eigenvalue weighted by atomic mass is 9.93. The van der Waals surface area contributed by atoms with Crippen LogP contribution in [0.25, 0.3) is 0 Å². The van der Waals surface area contributed by atoms with Gasteiger partial charge in [-0.3, -0.25) is 4.79 Å². The predicted octanol–water partition coefficient (Wildman–Crippen LogP) is 2.30. The van der Waals surface area contributed by atoms with Gasteiger partial charge in [0.1, 0.15) is 0 Å². The van der Waals surface area contributed by atoms with Crippen LogP contribution in [0, 0.1) is 0 Å². The van der Waals surface area contributed by atoms with Crippen molar-refractivity contribution in [3.8, 4) is 0 Å². The first kappa shape index (κ1) is 10.8. The van der Waals surface area contributed by atoms with E-state index in [0.29, 0.717) is 12.6 Å². The Morgan fingerprint density at radius 2 is 2.07 bits per heavy atom. The number of carbonyl (C=O) groups is 1. The van der Waals surface area contributed by atoms with Gasteiger partial charge in [0.15, 0.2) is 0 Å². The van der Waals surface area contributed by atoms with Crippen molar-refractivity contribution in [1.82, 2.24) is 4.90 Å². The monoisotopic (exact) mass is 191 g/mol. The van der Waals surface area contributed by atoms with Crippen LogP contribution in [-0.4, -0.2) is 23.9 Å². The summed E-state index contributed by atoms with van der Waals surface area (Å²) in [4.78, 5) is 12.7. The minimum atomic E-state index is 0.323. The molecule has 0 aliphatic carbocycles. The highest BCUT2D eigenvalue weighted by Gasteiger charge is 2.22. The maximum atomic E-state index is 10.8. The molecule has 1 aliphatic heterocycles. The number of allylic oxidation sites excluding steroid dienone is 1. The van der Waals surface area contributed by atoms with E-state index >= 15 is 0 Å². The highest BCUT2D eigenvalue weighted by atomic mass is 16.1. The molecule has 1 amide bonds. The molecular formula is C12H17NO. The molecule has 0 fully saturated rings. The fourth-order valence-corrected chi connectivity index (χ4v) is 1.84. The molecule has 1 heterocycles. The molecule has 1 rings (SSSR count). The van der Waals surface area contributed by atoms with Gasteiger partial charge in [-0.2, -0.15) is 0 Å². The fraction of sp³-hybridized carbons (Fsp3) is 0.417. The van der Waals surface area contributed by atoms with Crippen LogP contribution < -0.4 is 0 Å². The lowest BCUT2D eigenvalue weighted by Gasteiger charge is -2.33. The van der Waals surface area contributed by atoms with Crippen LogP contribution in [0.2, 0.25) is 0 Å². The molecule has 0 N–H and O–H groups in total. The largest absolute Gasteiger partial charge is 0.338 e. The summed E-state index contributed by atoms with van der Waals surface area (Å²) in [6.07, 6.45) is 6.51. The Morgan fingerprint density at radius 3 is 2.50 bits per heavy atom. The van der Waals surface area contributed by atoms with E-state index in [0.717, 1.165) is 24.8 Å². The number of carbonyl (C=O) groups excluding carboxylic acids is 1. The fourth-order valence-electron chi connectivity index (χ4n) is 1.84. The SMILES string of the molecule is C=CC1=C(C=C)CN(C=O)C(CC)C1. The number of hydrogen-bond donors (Lipinski definition) is 0. The Labute approximate surface area is 85.6 Å². The number of amides is 1. The van der Waals surface area contributed by atoms with E-state index in [1.54, 1.807) is 0 Å². The van der Waals surface area contributed by atoms with Crippen LogP contribution in [0.1, 0.15) is 19.8 Å². The van der Waals surface area contributed by atoms with Gasteiger partial charge in [-0.15, -0.1) is 0 Å². The first-order valence-corrected chi connectivity index (χ1v) is 4.94. The van der Waals surface area contributed by atoms with Crippen molar-refractivity contribution in [3.05, 3.63) is 36.5 Å². The van der Waals surface area contributed by atoms with E-state index in [1.807, 2.05) is 17.1 Å². The van der Waals surface area contributed by atoms with Gasteiger partial charge in [0.25, 0.3) is 0 Å². The van der Waals surface area contributed by atoms with E-state index in [1.165, 1.54) is 5.57 Å². The number of hydrogen-bond acceptors (Lipinski definition) is 1. The zero-order valence-corrected chi connectivity index (χ0v) is 8.70. The van der Waals surface area contributed by atoms with E-state index < -0.39 is 0 Å². The van der Waals surface area contributed by atoms with Gasteiger partial charge < -0.3 is 4.90 Å². The molecule has 0 aromatic heterocycles. The van der Waals surface area contributed by atoms with E-state index in [9.17, 15) is 4.79 Å². The van der Waals surface area contributed by atoms with Crippen LogP contribution >= 0.6 is 0 Å². The highest BCUT2D eigenvalue weighted by Crippen LogP contribution is 2.25. The molecular weight excluding hydrogens is 174 g/mol. The average molecular weight is 191 g/mol. The Hall–Kier alpha value is -1.31. The van der Waals surface area contributed by atoms with Crippen molar-refractivity contribution in [2.75, 3.05) is 6.54 Å². The maximum Gasteiger partial charge on any atom is 0.210 e. The molecule has 0 saturated heterocycles. The molecule has 0 aromatic carbocycles. The van der Waals surface area contributed by atoms with E-state index in [2.05, 4.69) is 20.1 Å². The zero-order chi connectivity index (χ0) is 10.6. The summed E-state index contributed by atoms with van der Waals surface area (Å²) in [5.74, 6) is 0. The Balaban J connectivity index is 2.93. The third kappa shape index (κ3) is 1.95. The Bertz CT molecular complexity index is 278. The summed E-state index contributed by atoms with van der Waals surface area (Å²) in [6.45, 7) is 10.3. The molecule has 0 spiro atoms. The standard InChI is InChI=1S/C12H17NO/c1-4-10-7-12(6-3)13(9-14)8-11(10)5-2/h4-5,9,12H,1-2,6-8H2,3H3. The molecule has 1 atom stereocenters. The molecule has 76 valence electrons. The molecule has 2 heteroatoms. The van der Waals surface area contributed by atoms with Gasteiger partial charge >= 0.3 is 0 Å². The third-order valence-corrected chi connectivity index (χ3v) is 2.79. The first-order chi connectivity index (χ1) is 6.76. The second-order valence-corrected chi connectivity index (χ2v) is 3.50. The van der Waals surface area contributed by atoms with E-state index in [-0.39, 0.29) is 0 Å². The van der Waals surface area contributed by atoms with Gasteiger partial charge in [-0.05, 0) is 24.0 Å². The molecule has 0 saturated carbocycles. The normalized spacial score (nSPS) is 22.1. The Kier molecular flexibility index (Phi) is 3.69. The second-order valence-electron chi connectivity index (χ2n) is 3.50. The minimum Gasteiger partial charge on any atom is -0.338 e. The van der Waals surface area contributed by atoms with Crippen LogP contribution in [-0.2, 0) is 4.79 Å². The van der Waals surface area contributed by atoms with Crippen molar-refractivity contribution in [2.24, 2.45) is 0 Å². The zero-order valence-electron chi connectivity index (χ0n) is 8.70. The summed E-state index contributed by atoms with van der Waals surface area (Å²) in [7, 11) is 0. The van der Waals surface area contributed by atoms with Gasteiger partial charge in [-0.25, -0.2) is 0 Å². The van der Waals surface area contributed by atoms with Crippen molar-refractivity contribution in [1.29, 1.82) is 0 Å². The number of rotatable bonds is 4. The van der Waals surface area contributed by atoms with Crippen molar-refractivity contribution in [3.63, 3.8) is 0 Å². The van der Waals surface area contributed by atoms with Crippen LogP contribution in [0.4, 0.5) is 0 Å². The van der Waals surface area contributed by atoms with Crippen molar-refractivity contribution >= 4 is 6.41 Å². The summed E-state index contributed by atoms with van der Waals surface area (Å²) in [6, 6.07) is 0.323. The second kappa shape index (κ2) is 4.80. The minimum absolute atomic E-state index is 0.323. The number of nitrogens with zero attached hydrogens (tertiary/aromatic N) is 1. The van der Waals surface area contributed by atoms with Crippen molar-refractivity contribution < 1.29 is 4.79 Å². The van der Waals surface area contributed by atoms with Gasteiger partial charge in [0, 0.05) is 12.6 Å². The molecule has 1 aliphatic rings.